The molecular weight excluding hydrogens is 244 g/mol. The fraction of sp³-hybridized carbons (Fsp3) is 0.846. The fourth-order valence-electron chi connectivity index (χ4n) is 2.36. The Morgan fingerprint density at radius 2 is 2.32 bits per heavy atom. The van der Waals surface area contributed by atoms with Crippen molar-refractivity contribution in [3.05, 3.63) is 5.89 Å². The van der Waals surface area contributed by atoms with E-state index in [9.17, 15) is 5.11 Å². The molecule has 0 amide bonds. The van der Waals surface area contributed by atoms with Crippen LogP contribution in [-0.4, -0.2) is 40.5 Å². The Morgan fingerprint density at radius 1 is 1.53 bits per heavy atom. The van der Waals surface area contributed by atoms with E-state index in [0.717, 1.165) is 32.4 Å². The van der Waals surface area contributed by atoms with E-state index < -0.39 is 5.60 Å². The minimum atomic E-state index is -0.668. The summed E-state index contributed by atoms with van der Waals surface area (Å²) in [4.78, 5) is 1.96. The van der Waals surface area contributed by atoms with Crippen LogP contribution in [0.15, 0.2) is 4.42 Å². The van der Waals surface area contributed by atoms with Crippen LogP contribution in [0, 0.1) is 0 Å². The number of piperidine rings is 1. The zero-order valence-electron chi connectivity index (χ0n) is 12.0. The Hall–Kier alpha value is -1.14. The van der Waals surface area contributed by atoms with E-state index in [0.29, 0.717) is 18.5 Å². The van der Waals surface area contributed by atoms with Crippen molar-refractivity contribution in [2.24, 2.45) is 0 Å². The van der Waals surface area contributed by atoms with Gasteiger partial charge in [-0.3, -0.25) is 0 Å². The number of nitrogens with zero attached hydrogens (tertiary/aromatic N) is 3. The van der Waals surface area contributed by atoms with Crippen LogP contribution < -0.4 is 10.2 Å². The third kappa shape index (κ3) is 3.67. The van der Waals surface area contributed by atoms with Crippen molar-refractivity contribution >= 4 is 6.01 Å². The van der Waals surface area contributed by atoms with Gasteiger partial charge < -0.3 is 19.7 Å². The molecule has 0 spiro atoms. The first-order valence-corrected chi connectivity index (χ1v) is 7.06. The van der Waals surface area contributed by atoms with Crippen LogP contribution >= 0.6 is 0 Å². The second kappa shape index (κ2) is 5.88. The lowest BCUT2D eigenvalue weighted by Gasteiger charge is -2.35. The smallest absolute Gasteiger partial charge is 0.318 e. The largest absolute Gasteiger partial charge is 0.406 e. The second-order valence-electron chi connectivity index (χ2n) is 5.62. The van der Waals surface area contributed by atoms with Gasteiger partial charge in [0.2, 0.25) is 5.89 Å². The third-order valence-electron chi connectivity index (χ3n) is 3.45. The first-order valence-electron chi connectivity index (χ1n) is 7.06. The molecule has 2 unspecified atom stereocenters. The van der Waals surface area contributed by atoms with E-state index in [1.165, 1.54) is 0 Å². The number of hydrogen-bond donors (Lipinski definition) is 2. The summed E-state index contributed by atoms with van der Waals surface area (Å²) in [7, 11) is 0. The Morgan fingerprint density at radius 3 is 3.00 bits per heavy atom. The lowest BCUT2D eigenvalue weighted by molar-refractivity contribution is 0.0434. The van der Waals surface area contributed by atoms with E-state index >= 15 is 0 Å². The van der Waals surface area contributed by atoms with Crippen LogP contribution in [0.1, 0.15) is 52.0 Å². The number of aromatic nitrogens is 2. The molecular formula is C13H24N4O2. The van der Waals surface area contributed by atoms with E-state index in [-0.39, 0.29) is 6.04 Å². The van der Waals surface area contributed by atoms with Gasteiger partial charge in [-0.25, -0.2) is 0 Å². The van der Waals surface area contributed by atoms with Gasteiger partial charge in [-0.05, 0) is 39.7 Å². The highest BCUT2D eigenvalue weighted by molar-refractivity contribution is 5.26. The minimum Gasteiger partial charge on any atom is -0.406 e. The highest BCUT2D eigenvalue weighted by atomic mass is 16.4. The fourth-order valence-corrected chi connectivity index (χ4v) is 2.36. The standard InChI is InChI=1S/C13H24N4O2/c1-4-7-14-10(2)11-15-16-12(19-11)17-8-5-6-13(3,18)9-17/h10,14,18H,4-9H2,1-3H3. The summed E-state index contributed by atoms with van der Waals surface area (Å²) in [6.07, 6.45) is 2.83. The highest BCUT2D eigenvalue weighted by Gasteiger charge is 2.31. The molecule has 0 aromatic carbocycles. The Bertz CT molecular complexity index is 405. The average molecular weight is 268 g/mol. The van der Waals surface area contributed by atoms with Crippen molar-refractivity contribution in [1.29, 1.82) is 0 Å². The zero-order valence-corrected chi connectivity index (χ0v) is 12.0. The quantitative estimate of drug-likeness (QED) is 0.842. The van der Waals surface area contributed by atoms with Crippen molar-refractivity contribution < 1.29 is 9.52 Å². The van der Waals surface area contributed by atoms with Gasteiger partial charge in [-0.1, -0.05) is 12.0 Å². The van der Waals surface area contributed by atoms with Gasteiger partial charge in [-0.2, -0.15) is 0 Å². The summed E-state index contributed by atoms with van der Waals surface area (Å²) in [5, 5.41) is 21.6. The topological polar surface area (TPSA) is 74.4 Å². The lowest BCUT2D eigenvalue weighted by Crippen LogP contribution is -2.46. The predicted molar refractivity (Wildman–Crippen MR) is 73.1 cm³/mol. The first kappa shape index (κ1) is 14.3. The van der Waals surface area contributed by atoms with Crippen LogP contribution in [0.5, 0.6) is 0 Å². The van der Waals surface area contributed by atoms with Crippen LogP contribution in [0.4, 0.5) is 6.01 Å². The number of aliphatic hydroxyl groups is 1. The monoisotopic (exact) mass is 268 g/mol. The molecule has 1 saturated heterocycles. The molecule has 1 aliphatic rings. The molecule has 0 bridgehead atoms. The molecule has 19 heavy (non-hydrogen) atoms. The molecule has 1 aromatic heterocycles. The van der Waals surface area contributed by atoms with Crippen LogP contribution in [0.2, 0.25) is 0 Å². The van der Waals surface area contributed by atoms with Gasteiger partial charge in [0.25, 0.3) is 0 Å². The van der Waals surface area contributed by atoms with Crippen molar-refractivity contribution in [2.75, 3.05) is 24.5 Å². The summed E-state index contributed by atoms with van der Waals surface area (Å²) < 4.78 is 5.71. The molecule has 0 aliphatic carbocycles. The number of nitrogens with one attached hydrogen (secondary N) is 1. The van der Waals surface area contributed by atoms with Crippen molar-refractivity contribution in [3.63, 3.8) is 0 Å². The van der Waals surface area contributed by atoms with Crippen molar-refractivity contribution in [3.8, 4) is 0 Å². The summed E-state index contributed by atoms with van der Waals surface area (Å²) in [5.41, 5.74) is -0.668. The number of β-amino-alcohol motifs (C(OH)–C–C–N with tert-alkyl or cyclic N) is 1. The number of anilines is 1. The van der Waals surface area contributed by atoms with Gasteiger partial charge >= 0.3 is 6.01 Å². The number of rotatable bonds is 5. The molecule has 2 heterocycles. The van der Waals surface area contributed by atoms with Gasteiger partial charge in [0, 0.05) is 6.54 Å². The molecule has 2 N–H and O–H groups in total. The van der Waals surface area contributed by atoms with E-state index in [4.69, 9.17) is 4.42 Å². The molecule has 0 radical (unpaired) electrons. The molecule has 6 nitrogen and oxygen atoms in total. The zero-order chi connectivity index (χ0) is 13.9. The lowest BCUT2D eigenvalue weighted by atomic mass is 9.96. The van der Waals surface area contributed by atoms with Gasteiger partial charge in [-0.15, -0.1) is 5.10 Å². The van der Waals surface area contributed by atoms with Crippen molar-refractivity contribution in [1.82, 2.24) is 15.5 Å². The normalized spacial score (nSPS) is 25.6. The average Bonchev–Trinajstić information content (AvgIpc) is 2.84. The second-order valence-corrected chi connectivity index (χ2v) is 5.62. The van der Waals surface area contributed by atoms with Crippen LogP contribution in [0.3, 0.4) is 0 Å². The molecule has 1 fully saturated rings. The molecule has 1 aliphatic heterocycles. The summed E-state index contributed by atoms with van der Waals surface area (Å²) in [6, 6.07) is 0.576. The Labute approximate surface area is 114 Å². The highest BCUT2D eigenvalue weighted by Crippen LogP contribution is 2.25. The maximum atomic E-state index is 10.1. The van der Waals surface area contributed by atoms with Crippen LogP contribution in [-0.2, 0) is 0 Å². The first-order chi connectivity index (χ1) is 9.02. The van der Waals surface area contributed by atoms with Gasteiger partial charge in [0.1, 0.15) is 0 Å². The SMILES string of the molecule is CCCNC(C)c1nnc(N2CCCC(C)(O)C2)o1. The van der Waals surface area contributed by atoms with Crippen molar-refractivity contribution in [2.45, 2.75) is 51.7 Å². The Kier molecular flexibility index (Phi) is 4.42. The number of hydrogen-bond acceptors (Lipinski definition) is 6. The molecule has 108 valence electrons. The summed E-state index contributed by atoms with van der Waals surface area (Å²) in [6.45, 7) is 8.31. The summed E-state index contributed by atoms with van der Waals surface area (Å²) >= 11 is 0. The van der Waals surface area contributed by atoms with E-state index in [1.54, 1.807) is 0 Å². The minimum absolute atomic E-state index is 0.0616. The van der Waals surface area contributed by atoms with Gasteiger partial charge in [0.05, 0.1) is 18.2 Å². The molecule has 1 aromatic rings. The predicted octanol–water partition coefficient (Wildman–Crippen LogP) is 1.48. The van der Waals surface area contributed by atoms with Gasteiger partial charge in [0.15, 0.2) is 0 Å². The van der Waals surface area contributed by atoms with Crippen LogP contribution in [0.25, 0.3) is 0 Å². The maximum Gasteiger partial charge on any atom is 0.318 e. The Balaban J connectivity index is 2.00. The maximum absolute atomic E-state index is 10.1. The molecule has 2 rings (SSSR count). The molecule has 6 heteroatoms. The molecule has 0 saturated carbocycles. The van der Waals surface area contributed by atoms with E-state index in [2.05, 4.69) is 22.4 Å². The third-order valence-corrected chi connectivity index (χ3v) is 3.45. The summed E-state index contributed by atoms with van der Waals surface area (Å²) in [5.74, 6) is 0.605. The van der Waals surface area contributed by atoms with E-state index in [1.807, 2.05) is 18.7 Å². The molecule has 2 atom stereocenters.